The third-order valence-electron chi connectivity index (χ3n) is 3.52. The molecule has 2 aromatic rings. The molecule has 5 heteroatoms. The second-order valence-corrected chi connectivity index (χ2v) is 5.60. The van der Waals surface area contributed by atoms with Crippen LogP contribution in [0.25, 0.3) is 0 Å². The van der Waals surface area contributed by atoms with Gasteiger partial charge in [0.1, 0.15) is 31.8 Å². The minimum atomic E-state index is 0.433. The van der Waals surface area contributed by atoms with Crippen LogP contribution in [0.5, 0.6) is 11.5 Å². The average Bonchev–Trinajstić information content (AvgIpc) is 2.60. The van der Waals surface area contributed by atoms with Crippen LogP contribution in [0.3, 0.4) is 0 Å². The number of allylic oxidation sites excluding steroid dienone is 1. The Morgan fingerprint density at radius 3 is 2.52 bits per heavy atom. The monoisotopic (exact) mass is 340 g/mol. The molecule has 0 saturated carbocycles. The molecule has 1 heterocycles. The summed E-state index contributed by atoms with van der Waals surface area (Å²) in [6.07, 6.45) is 9.06. The zero-order valence-corrected chi connectivity index (χ0v) is 15.2. The molecule has 0 aliphatic heterocycles. The van der Waals surface area contributed by atoms with Gasteiger partial charge in [-0.1, -0.05) is 17.3 Å². The number of oxime groups is 1. The van der Waals surface area contributed by atoms with Crippen LogP contribution in [0.2, 0.25) is 0 Å². The van der Waals surface area contributed by atoms with Gasteiger partial charge in [0.25, 0.3) is 0 Å². The molecule has 0 N–H and O–H groups in total. The van der Waals surface area contributed by atoms with Crippen molar-refractivity contribution in [3.05, 3.63) is 65.0 Å². The number of pyridine rings is 1. The molecule has 2 rings (SSSR count). The van der Waals surface area contributed by atoms with Gasteiger partial charge in [-0.05, 0) is 50.1 Å². The Bertz CT molecular complexity index is 731. The first-order chi connectivity index (χ1) is 12.1. The van der Waals surface area contributed by atoms with Crippen molar-refractivity contribution in [2.45, 2.75) is 27.4 Å². The van der Waals surface area contributed by atoms with E-state index >= 15 is 0 Å². The van der Waals surface area contributed by atoms with E-state index in [0.717, 1.165) is 33.8 Å². The Labute approximate surface area is 148 Å². The molecule has 25 heavy (non-hydrogen) atoms. The van der Waals surface area contributed by atoms with E-state index in [2.05, 4.69) is 15.0 Å². The molecule has 0 atom stereocenters. The number of rotatable bonds is 8. The summed E-state index contributed by atoms with van der Waals surface area (Å²) >= 11 is 0. The SMILES string of the molecule is C/C=C/COc1cc(C)c(OCc2cncc(/C=N\OC)c2)c(C)c1. The summed E-state index contributed by atoms with van der Waals surface area (Å²) in [5, 5.41) is 3.75. The lowest BCUT2D eigenvalue weighted by atomic mass is 10.1. The number of benzene rings is 1. The van der Waals surface area contributed by atoms with Gasteiger partial charge in [-0.25, -0.2) is 0 Å². The second-order valence-electron chi connectivity index (χ2n) is 5.60. The van der Waals surface area contributed by atoms with E-state index in [0.29, 0.717) is 13.2 Å². The van der Waals surface area contributed by atoms with Crippen LogP contribution in [-0.2, 0) is 11.4 Å². The quantitative estimate of drug-likeness (QED) is 0.410. The first-order valence-corrected chi connectivity index (χ1v) is 8.12. The van der Waals surface area contributed by atoms with Crippen molar-refractivity contribution in [1.82, 2.24) is 4.98 Å². The molecule has 0 spiro atoms. The van der Waals surface area contributed by atoms with E-state index in [4.69, 9.17) is 9.47 Å². The minimum absolute atomic E-state index is 0.433. The first kappa shape index (κ1) is 18.5. The number of hydrogen-bond donors (Lipinski definition) is 0. The summed E-state index contributed by atoms with van der Waals surface area (Å²) < 4.78 is 11.7. The summed E-state index contributed by atoms with van der Waals surface area (Å²) in [6.45, 7) is 7.01. The standard InChI is InChI=1S/C20H24N2O3/c1-5-6-7-24-19-8-15(2)20(16(3)9-19)25-14-18-10-17(11-21-12-18)13-22-23-4/h5-6,8-13H,7,14H2,1-4H3/b6-5+,22-13-. The van der Waals surface area contributed by atoms with Crippen molar-refractivity contribution in [3.8, 4) is 11.5 Å². The van der Waals surface area contributed by atoms with E-state index < -0.39 is 0 Å². The predicted molar refractivity (Wildman–Crippen MR) is 99.4 cm³/mol. The average molecular weight is 340 g/mol. The molecular formula is C20H24N2O3. The van der Waals surface area contributed by atoms with Crippen LogP contribution in [0.1, 0.15) is 29.2 Å². The highest BCUT2D eigenvalue weighted by Crippen LogP contribution is 2.29. The molecule has 0 saturated heterocycles. The zero-order valence-electron chi connectivity index (χ0n) is 15.2. The van der Waals surface area contributed by atoms with Crippen LogP contribution in [-0.4, -0.2) is 24.9 Å². The molecule has 1 aromatic carbocycles. The maximum absolute atomic E-state index is 6.01. The Balaban J connectivity index is 2.06. The minimum Gasteiger partial charge on any atom is -0.490 e. The van der Waals surface area contributed by atoms with Gasteiger partial charge >= 0.3 is 0 Å². The van der Waals surface area contributed by atoms with Crippen LogP contribution < -0.4 is 9.47 Å². The molecule has 0 aliphatic rings. The second kappa shape index (κ2) is 9.47. The van der Waals surface area contributed by atoms with Gasteiger partial charge in [-0.3, -0.25) is 4.98 Å². The first-order valence-electron chi connectivity index (χ1n) is 8.12. The van der Waals surface area contributed by atoms with Crippen molar-refractivity contribution in [3.63, 3.8) is 0 Å². The Kier molecular flexibility index (Phi) is 7.01. The third kappa shape index (κ3) is 5.64. The highest BCUT2D eigenvalue weighted by atomic mass is 16.6. The van der Waals surface area contributed by atoms with E-state index in [1.54, 1.807) is 18.6 Å². The fourth-order valence-electron chi connectivity index (χ4n) is 2.39. The Morgan fingerprint density at radius 1 is 1.08 bits per heavy atom. The van der Waals surface area contributed by atoms with Crippen LogP contribution >= 0.6 is 0 Å². The number of aryl methyl sites for hydroxylation is 2. The number of ether oxygens (including phenoxy) is 2. The molecule has 0 bridgehead atoms. The van der Waals surface area contributed by atoms with Gasteiger partial charge in [0.2, 0.25) is 0 Å². The van der Waals surface area contributed by atoms with Gasteiger partial charge in [0, 0.05) is 23.5 Å². The molecule has 132 valence electrons. The molecule has 0 amide bonds. The molecular weight excluding hydrogens is 316 g/mol. The highest BCUT2D eigenvalue weighted by Gasteiger charge is 2.08. The smallest absolute Gasteiger partial charge is 0.125 e. The summed E-state index contributed by atoms with van der Waals surface area (Å²) in [5.74, 6) is 1.72. The van der Waals surface area contributed by atoms with E-state index in [-0.39, 0.29) is 0 Å². The van der Waals surface area contributed by atoms with Gasteiger partial charge in [-0.15, -0.1) is 0 Å². The van der Waals surface area contributed by atoms with E-state index in [1.807, 2.05) is 51.1 Å². The van der Waals surface area contributed by atoms with Crippen LogP contribution in [0, 0.1) is 13.8 Å². The van der Waals surface area contributed by atoms with Crippen LogP contribution in [0.4, 0.5) is 0 Å². The normalized spacial score (nSPS) is 11.2. The lowest BCUT2D eigenvalue weighted by Gasteiger charge is -2.14. The maximum Gasteiger partial charge on any atom is 0.125 e. The molecule has 0 radical (unpaired) electrons. The molecule has 0 aliphatic carbocycles. The van der Waals surface area contributed by atoms with Crippen LogP contribution in [0.15, 0.2) is 47.9 Å². The van der Waals surface area contributed by atoms with Gasteiger partial charge in [-0.2, -0.15) is 0 Å². The summed E-state index contributed by atoms with van der Waals surface area (Å²) in [6, 6.07) is 5.95. The van der Waals surface area contributed by atoms with Gasteiger partial charge in [0.15, 0.2) is 0 Å². The maximum atomic E-state index is 6.01. The summed E-state index contributed by atoms with van der Waals surface area (Å²) in [5.41, 5.74) is 3.91. The fourth-order valence-corrected chi connectivity index (χ4v) is 2.39. The highest BCUT2D eigenvalue weighted by molar-refractivity contribution is 5.78. The molecule has 0 unspecified atom stereocenters. The lowest BCUT2D eigenvalue weighted by molar-refractivity contribution is 0.215. The lowest BCUT2D eigenvalue weighted by Crippen LogP contribution is -2.02. The van der Waals surface area contributed by atoms with Crippen molar-refractivity contribution in [2.75, 3.05) is 13.7 Å². The van der Waals surface area contributed by atoms with Crippen molar-refractivity contribution in [2.24, 2.45) is 5.16 Å². The molecule has 0 fully saturated rings. The largest absolute Gasteiger partial charge is 0.490 e. The molecule has 5 nitrogen and oxygen atoms in total. The van der Waals surface area contributed by atoms with Gasteiger partial charge in [0.05, 0.1) is 6.21 Å². The zero-order chi connectivity index (χ0) is 18.1. The summed E-state index contributed by atoms with van der Waals surface area (Å²) in [4.78, 5) is 8.88. The number of nitrogens with zero attached hydrogens (tertiary/aromatic N) is 2. The van der Waals surface area contributed by atoms with Crippen molar-refractivity contribution < 1.29 is 14.3 Å². The summed E-state index contributed by atoms with van der Waals surface area (Å²) in [7, 11) is 1.51. The molecule has 1 aromatic heterocycles. The number of aromatic nitrogens is 1. The third-order valence-corrected chi connectivity index (χ3v) is 3.52. The van der Waals surface area contributed by atoms with Crippen molar-refractivity contribution >= 4 is 6.21 Å². The van der Waals surface area contributed by atoms with E-state index in [9.17, 15) is 0 Å². The van der Waals surface area contributed by atoms with Gasteiger partial charge < -0.3 is 14.3 Å². The Hall–Kier alpha value is -2.82. The Morgan fingerprint density at radius 2 is 1.84 bits per heavy atom. The fraction of sp³-hybridized carbons (Fsp3) is 0.300. The predicted octanol–water partition coefficient (Wildman–Crippen LogP) is 4.21. The van der Waals surface area contributed by atoms with Crippen molar-refractivity contribution in [1.29, 1.82) is 0 Å². The van der Waals surface area contributed by atoms with E-state index in [1.165, 1.54) is 7.11 Å². The number of hydrogen-bond acceptors (Lipinski definition) is 5. The topological polar surface area (TPSA) is 52.9 Å².